The number of nitrogens with one attached hydrogen (secondary N) is 2. The second-order valence-corrected chi connectivity index (χ2v) is 7.59. The van der Waals surface area contributed by atoms with Crippen LogP contribution in [0.15, 0.2) is 42.7 Å². The Labute approximate surface area is 179 Å². The second kappa shape index (κ2) is 8.31. The molecule has 3 N–H and O–H groups in total. The molecule has 3 heterocycles. The Morgan fingerprint density at radius 1 is 1.23 bits per heavy atom. The number of fused-ring (bicyclic) bond motifs is 2. The molecule has 0 saturated heterocycles. The van der Waals surface area contributed by atoms with Crippen LogP contribution in [-0.2, 0) is 6.42 Å². The molecule has 1 aliphatic rings. The van der Waals surface area contributed by atoms with Gasteiger partial charge < -0.3 is 24.3 Å². The second-order valence-electron chi connectivity index (χ2n) is 7.59. The van der Waals surface area contributed by atoms with Gasteiger partial charge in [-0.3, -0.25) is 5.10 Å². The number of aromatic nitrogens is 4. The zero-order valence-electron chi connectivity index (χ0n) is 17.2. The molecule has 1 atom stereocenters. The summed E-state index contributed by atoms with van der Waals surface area (Å²) < 4.78 is 17.3. The molecule has 0 saturated carbocycles. The molecule has 5 rings (SSSR count). The van der Waals surface area contributed by atoms with Gasteiger partial charge in [-0.05, 0) is 47.9 Å². The van der Waals surface area contributed by atoms with Gasteiger partial charge in [0.05, 0.1) is 38.0 Å². The maximum absolute atomic E-state index is 9.12. The minimum absolute atomic E-state index is 0.0820. The van der Waals surface area contributed by atoms with E-state index in [1.807, 2.05) is 30.5 Å². The first-order valence-electron chi connectivity index (χ1n) is 10.3. The Bertz CT molecular complexity index is 1190. The molecule has 2 aromatic heterocycles. The zero-order valence-corrected chi connectivity index (χ0v) is 17.2. The fourth-order valence-electron chi connectivity index (χ4n) is 3.90. The summed E-state index contributed by atoms with van der Waals surface area (Å²) in [5.41, 5.74) is 4.72. The quantitative estimate of drug-likeness (QED) is 0.396. The van der Waals surface area contributed by atoms with Crippen LogP contribution in [0, 0.1) is 0 Å². The van der Waals surface area contributed by atoms with Crippen molar-refractivity contribution in [1.29, 1.82) is 0 Å². The van der Waals surface area contributed by atoms with E-state index in [9.17, 15) is 0 Å². The maximum Gasteiger partial charge on any atom is 0.147 e. The fourth-order valence-corrected chi connectivity index (χ4v) is 3.90. The highest BCUT2D eigenvalue weighted by Gasteiger charge is 2.25. The average molecular weight is 420 g/mol. The van der Waals surface area contributed by atoms with Crippen molar-refractivity contribution < 1.29 is 19.3 Å². The molecule has 1 aliphatic heterocycles. The molecule has 0 aliphatic carbocycles. The van der Waals surface area contributed by atoms with Crippen molar-refractivity contribution in [2.24, 2.45) is 0 Å². The summed E-state index contributed by atoms with van der Waals surface area (Å²) in [6, 6.07) is 9.90. The molecular formula is C23H24N4O4. The number of imidazole rings is 1. The van der Waals surface area contributed by atoms with Gasteiger partial charge in [-0.15, -0.1) is 0 Å². The predicted octanol–water partition coefficient (Wildman–Crippen LogP) is 3.44. The molecule has 0 amide bonds. The molecule has 8 heteroatoms. The summed E-state index contributed by atoms with van der Waals surface area (Å²) >= 11 is 0. The number of nitrogens with zero attached hydrogens (tertiary/aromatic N) is 2. The van der Waals surface area contributed by atoms with Gasteiger partial charge in [0, 0.05) is 24.8 Å². The number of rotatable bonds is 7. The van der Waals surface area contributed by atoms with E-state index in [-0.39, 0.29) is 12.5 Å². The summed E-state index contributed by atoms with van der Waals surface area (Å²) in [7, 11) is 1.66. The number of aliphatic hydroxyl groups is 1. The van der Waals surface area contributed by atoms with E-state index in [4.69, 9.17) is 24.3 Å². The molecule has 4 aromatic rings. The Kier molecular flexibility index (Phi) is 5.21. The number of ether oxygens (including phenoxy) is 3. The summed E-state index contributed by atoms with van der Waals surface area (Å²) in [4.78, 5) is 8.35. The number of aliphatic hydroxyl groups excluding tert-OH is 1. The van der Waals surface area contributed by atoms with E-state index < -0.39 is 0 Å². The van der Waals surface area contributed by atoms with E-state index >= 15 is 0 Å². The van der Waals surface area contributed by atoms with E-state index in [1.54, 1.807) is 13.3 Å². The minimum atomic E-state index is 0.0820. The maximum atomic E-state index is 9.12. The lowest BCUT2D eigenvalue weighted by Gasteiger charge is -2.24. The van der Waals surface area contributed by atoms with Crippen LogP contribution in [0.3, 0.4) is 0 Å². The fraction of sp³-hybridized carbons (Fsp3) is 0.304. The summed E-state index contributed by atoms with van der Waals surface area (Å²) in [5, 5.41) is 16.0. The van der Waals surface area contributed by atoms with Crippen LogP contribution in [0.25, 0.3) is 22.2 Å². The van der Waals surface area contributed by atoms with E-state index in [0.29, 0.717) is 25.4 Å². The van der Waals surface area contributed by atoms with Crippen molar-refractivity contribution in [3.8, 4) is 28.4 Å². The number of methoxy groups -OCH3 is 1. The standard InChI is InChI=1S/C23H24N4O4/c1-29-18-3-4-20-15(8-18)7-16(13-31-20)23-26-19-9-14(17-11-24-25-12-17)10-21(22(19)27-23)30-6-2-5-28/h3-4,8-12,16,28H,2,5-7,13H2,1H3,(H,24,25)(H,26,27). The first-order valence-corrected chi connectivity index (χ1v) is 10.3. The highest BCUT2D eigenvalue weighted by atomic mass is 16.5. The van der Waals surface area contributed by atoms with E-state index in [0.717, 1.165) is 51.5 Å². The number of hydrogen-bond acceptors (Lipinski definition) is 6. The molecule has 2 aromatic carbocycles. The van der Waals surface area contributed by atoms with Crippen molar-refractivity contribution in [2.45, 2.75) is 18.8 Å². The normalized spacial score (nSPS) is 15.5. The molecule has 0 fully saturated rings. The molecule has 0 spiro atoms. The van der Waals surface area contributed by atoms with Crippen LogP contribution >= 0.6 is 0 Å². The third-order valence-electron chi connectivity index (χ3n) is 5.52. The van der Waals surface area contributed by atoms with Gasteiger partial charge in [0.2, 0.25) is 0 Å². The van der Waals surface area contributed by atoms with Crippen LogP contribution in [0.5, 0.6) is 17.2 Å². The number of hydrogen-bond donors (Lipinski definition) is 3. The largest absolute Gasteiger partial charge is 0.497 e. The Morgan fingerprint density at radius 2 is 2.16 bits per heavy atom. The molecule has 0 radical (unpaired) electrons. The highest BCUT2D eigenvalue weighted by molar-refractivity contribution is 5.87. The van der Waals surface area contributed by atoms with Gasteiger partial charge >= 0.3 is 0 Å². The molecular weight excluding hydrogens is 396 g/mol. The lowest BCUT2D eigenvalue weighted by molar-refractivity contribution is 0.234. The molecule has 1 unspecified atom stereocenters. The predicted molar refractivity (Wildman–Crippen MR) is 116 cm³/mol. The summed E-state index contributed by atoms with van der Waals surface area (Å²) in [6.07, 6.45) is 4.98. The molecule has 0 bridgehead atoms. The number of H-pyrrole nitrogens is 2. The van der Waals surface area contributed by atoms with Crippen molar-refractivity contribution in [1.82, 2.24) is 20.2 Å². The average Bonchev–Trinajstić information content (AvgIpc) is 3.48. The number of aromatic amines is 2. The Hall–Kier alpha value is -3.52. The molecule has 31 heavy (non-hydrogen) atoms. The van der Waals surface area contributed by atoms with Gasteiger partial charge in [0.15, 0.2) is 0 Å². The van der Waals surface area contributed by atoms with E-state index in [1.165, 1.54) is 0 Å². The monoisotopic (exact) mass is 420 g/mol. The Balaban J connectivity index is 1.50. The zero-order chi connectivity index (χ0) is 21.2. The van der Waals surface area contributed by atoms with Crippen molar-refractivity contribution in [3.63, 3.8) is 0 Å². The Morgan fingerprint density at radius 3 is 2.97 bits per heavy atom. The van der Waals surface area contributed by atoms with Crippen LogP contribution in [0.1, 0.15) is 23.7 Å². The van der Waals surface area contributed by atoms with Crippen LogP contribution in [0.2, 0.25) is 0 Å². The highest BCUT2D eigenvalue weighted by Crippen LogP contribution is 2.36. The van der Waals surface area contributed by atoms with Crippen LogP contribution < -0.4 is 14.2 Å². The smallest absolute Gasteiger partial charge is 0.147 e. The van der Waals surface area contributed by atoms with Gasteiger partial charge in [-0.2, -0.15) is 5.10 Å². The van der Waals surface area contributed by atoms with Crippen LogP contribution in [0.4, 0.5) is 0 Å². The van der Waals surface area contributed by atoms with Crippen LogP contribution in [-0.4, -0.2) is 52.2 Å². The van der Waals surface area contributed by atoms with Gasteiger partial charge in [0.1, 0.15) is 28.6 Å². The third kappa shape index (κ3) is 3.82. The SMILES string of the molecule is COc1ccc2c(c1)CC(c1nc3c(OCCCO)cc(-c4cn[nH]c4)cc3[nH]1)CO2. The van der Waals surface area contributed by atoms with E-state index in [2.05, 4.69) is 21.2 Å². The van der Waals surface area contributed by atoms with Gasteiger partial charge in [-0.1, -0.05) is 0 Å². The topological polar surface area (TPSA) is 105 Å². The van der Waals surface area contributed by atoms with Crippen molar-refractivity contribution >= 4 is 11.0 Å². The first-order chi connectivity index (χ1) is 15.2. The minimum Gasteiger partial charge on any atom is -0.497 e. The lowest BCUT2D eigenvalue weighted by Crippen LogP contribution is -2.20. The number of benzene rings is 2. The van der Waals surface area contributed by atoms with Crippen molar-refractivity contribution in [3.05, 3.63) is 54.1 Å². The summed E-state index contributed by atoms with van der Waals surface area (Å²) in [6.45, 7) is 1.05. The van der Waals surface area contributed by atoms with Gasteiger partial charge in [-0.25, -0.2) is 4.98 Å². The lowest BCUT2D eigenvalue weighted by atomic mass is 9.96. The molecule has 160 valence electrons. The van der Waals surface area contributed by atoms with Gasteiger partial charge in [0.25, 0.3) is 0 Å². The first kappa shape index (κ1) is 19.4. The molecule has 8 nitrogen and oxygen atoms in total. The third-order valence-corrected chi connectivity index (χ3v) is 5.52. The summed E-state index contributed by atoms with van der Waals surface area (Å²) in [5.74, 6) is 3.35. The van der Waals surface area contributed by atoms with Crippen molar-refractivity contribution in [2.75, 3.05) is 26.9 Å².